The van der Waals surface area contributed by atoms with Crippen LogP contribution in [0.2, 0.25) is 0 Å². The minimum atomic E-state index is -1.39. The number of aryl methyl sites for hydroxylation is 1. The topological polar surface area (TPSA) is 104 Å². The zero-order valence-electron chi connectivity index (χ0n) is 16.6. The van der Waals surface area contributed by atoms with Gasteiger partial charge in [0, 0.05) is 22.9 Å². The van der Waals surface area contributed by atoms with Crippen molar-refractivity contribution >= 4 is 33.8 Å². The Bertz CT molecular complexity index is 1110. The van der Waals surface area contributed by atoms with E-state index in [1.165, 1.54) is 19.4 Å². The fourth-order valence-electron chi connectivity index (χ4n) is 3.08. The van der Waals surface area contributed by atoms with E-state index in [-0.39, 0.29) is 22.3 Å². The molecule has 2 aromatic heterocycles. The van der Waals surface area contributed by atoms with E-state index < -0.39 is 17.1 Å². The van der Waals surface area contributed by atoms with Crippen LogP contribution >= 0.6 is 0 Å². The molecule has 1 aromatic carbocycles. The highest BCUT2D eigenvalue weighted by Crippen LogP contribution is 2.29. The summed E-state index contributed by atoms with van der Waals surface area (Å²) in [6, 6.07) is 8.04. The largest absolute Gasteiger partial charge is 0.609 e. The first-order valence-corrected chi connectivity index (χ1v) is 10.4. The summed E-state index contributed by atoms with van der Waals surface area (Å²) in [6.07, 6.45) is 1.51. The minimum absolute atomic E-state index is 0.152. The first kappa shape index (κ1) is 20.9. The Labute approximate surface area is 171 Å². The van der Waals surface area contributed by atoms with E-state index in [1.807, 2.05) is 19.9 Å². The molecule has 0 amide bonds. The second-order valence-corrected chi connectivity index (χ2v) is 8.22. The average molecular weight is 414 g/mol. The van der Waals surface area contributed by atoms with Crippen molar-refractivity contribution in [1.82, 2.24) is 4.98 Å². The molecule has 0 saturated heterocycles. The molecule has 0 radical (unpaired) electrons. The summed E-state index contributed by atoms with van der Waals surface area (Å²) in [5.41, 5.74) is 2.40. The van der Waals surface area contributed by atoms with Gasteiger partial charge in [-0.15, -0.1) is 0 Å². The second kappa shape index (κ2) is 8.67. The van der Waals surface area contributed by atoms with Gasteiger partial charge in [0.25, 0.3) is 0 Å². The molecular weight excluding hydrogens is 392 g/mol. The molecule has 7 nitrogen and oxygen atoms in total. The lowest BCUT2D eigenvalue weighted by atomic mass is 10.0. The summed E-state index contributed by atoms with van der Waals surface area (Å²) in [5, 5.41) is 3.82. The molecule has 0 bridgehead atoms. The molecule has 1 unspecified atom stereocenters. The third kappa shape index (κ3) is 4.28. The van der Waals surface area contributed by atoms with Gasteiger partial charge >= 0.3 is 11.1 Å². The van der Waals surface area contributed by atoms with Gasteiger partial charge in [-0.3, -0.25) is 4.79 Å². The third-order valence-electron chi connectivity index (χ3n) is 4.49. The van der Waals surface area contributed by atoms with E-state index in [0.717, 1.165) is 5.56 Å². The number of ether oxygens (including phenoxy) is 1. The number of hydrogen-bond acceptors (Lipinski definition) is 7. The first-order chi connectivity index (χ1) is 13.8. The first-order valence-electron chi connectivity index (χ1n) is 9.12. The Hall–Kier alpha value is -2.84. The van der Waals surface area contributed by atoms with E-state index in [0.29, 0.717) is 28.0 Å². The second-order valence-electron chi connectivity index (χ2n) is 6.55. The van der Waals surface area contributed by atoms with Crippen LogP contribution in [-0.2, 0) is 15.9 Å². The molecule has 0 aliphatic heterocycles. The fourth-order valence-corrected chi connectivity index (χ4v) is 3.78. The molecule has 3 aromatic rings. The predicted molar refractivity (Wildman–Crippen MR) is 112 cm³/mol. The summed E-state index contributed by atoms with van der Waals surface area (Å²) in [6.45, 7) is 5.53. The van der Waals surface area contributed by atoms with Gasteiger partial charge in [0.2, 0.25) is 0 Å². The zero-order valence-corrected chi connectivity index (χ0v) is 17.5. The van der Waals surface area contributed by atoms with E-state index in [4.69, 9.17) is 9.15 Å². The molecule has 0 spiro atoms. The van der Waals surface area contributed by atoms with Crippen LogP contribution in [0.5, 0.6) is 0 Å². The number of pyridine rings is 1. The number of rotatable bonds is 6. The lowest BCUT2D eigenvalue weighted by Crippen LogP contribution is -2.15. The summed E-state index contributed by atoms with van der Waals surface area (Å²) in [4.78, 5) is 28.7. The highest BCUT2D eigenvalue weighted by molar-refractivity contribution is 7.91. The molecule has 3 rings (SSSR count). The van der Waals surface area contributed by atoms with Gasteiger partial charge in [0.05, 0.1) is 30.3 Å². The normalized spacial score (nSPS) is 13.1. The summed E-state index contributed by atoms with van der Waals surface area (Å²) < 4.78 is 22.9. The molecule has 8 heteroatoms. The molecular formula is C21H22N2O5S. The quantitative estimate of drug-likeness (QED) is 0.485. The summed E-state index contributed by atoms with van der Waals surface area (Å²) >= 11 is -1.39. The van der Waals surface area contributed by atoms with Crippen LogP contribution in [0.25, 0.3) is 11.0 Å². The van der Waals surface area contributed by atoms with Crippen molar-refractivity contribution in [2.45, 2.75) is 31.9 Å². The maximum Gasteiger partial charge on any atom is 0.358 e. The maximum absolute atomic E-state index is 12.6. The summed E-state index contributed by atoms with van der Waals surface area (Å²) in [7, 11) is 1.29. The van der Waals surface area contributed by atoms with E-state index in [2.05, 4.69) is 10.3 Å². The van der Waals surface area contributed by atoms with Crippen LogP contribution in [0.3, 0.4) is 0 Å². The van der Waals surface area contributed by atoms with Crippen LogP contribution in [0.15, 0.2) is 50.8 Å². The monoisotopic (exact) mass is 414 g/mol. The fraction of sp³-hybridized carbons (Fsp3) is 0.286. The Balaban J connectivity index is 2.11. The number of carbonyl (C=O) groups is 1. The number of anilines is 1. The van der Waals surface area contributed by atoms with Crippen molar-refractivity contribution < 1.29 is 18.5 Å². The van der Waals surface area contributed by atoms with Crippen LogP contribution in [0, 0.1) is 6.92 Å². The van der Waals surface area contributed by atoms with Crippen LogP contribution in [-0.4, -0.2) is 28.4 Å². The number of hydrogen-bond donors (Lipinski definition) is 1. The molecule has 152 valence electrons. The highest BCUT2D eigenvalue weighted by Gasteiger charge is 2.21. The standard InChI is InChI=1S/C21H22N2O5S/c1-5-29(26)18-11-17(24)15-10-12(2)9-14(20(15)28-18)13(3)23-16-7-6-8-22-19(16)21(25)27-4/h6-11,13,23H,5H2,1-4H3/t13-,29?/m1/s1. The van der Waals surface area contributed by atoms with Crippen molar-refractivity contribution in [2.24, 2.45) is 0 Å². The molecule has 29 heavy (non-hydrogen) atoms. The lowest BCUT2D eigenvalue weighted by molar-refractivity contribution is 0.0595. The molecule has 0 fully saturated rings. The Morgan fingerprint density at radius 1 is 1.38 bits per heavy atom. The zero-order chi connectivity index (χ0) is 21.1. The third-order valence-corrected chi connectivity index (χ3v) is 5.66. The van der Waals surface area contributed by atoms with Gasteiger partial charge in [-0.05, 0) is 44.5 Å². The molecule has 0 saturated carbocycles. The van der Waals surface area contributed by atoms with Crippen molar-refractivity contribution in [1.29, 1.82) is 0 Å². The lowest BCUT2D eigenvalue weighted by Gasteiger charge is -2.19. The Kier molecular flexibility index (Phi) is 6.24. The van der Waals surface area contributed by atoms with Crippen LogP contribution in [0.1, 0.15) is 41.5 Å². The summed E-state index contributed by atoms with van der Waals surface area (Å²) in [5.74, 6) is -0.205. The van der Waals surface area contributed by atoms with Crippen molar-refractivity contribution in [2.75, 3.05) is 18.2 Å². The van der Waals surface area contributed by atoms with E-state index >= 15 is 0 Å². The number of nitrogens with zero attached hydrogens (tertiary/aromatic N) is 1. The van der Waals surface area contributed by atoms with Crippen molar-refractivity contribution in [3.05, 3.63) is 63.6 Å². The van der Waals surface area contributed by atoms with Crippen molar-refractivity contribution in [3.63, 3.8) is 0 Å². The van der Waals surface area contributed by atoms with E-state index in [9.17, 15) is 14.1 Å². The average Bonchev–Trinajstić information content (AvgIpc) is 2.72. The van der Waals surface area contributed by atoms with Gasteiger partial charge in [-0.1, -0.05) is 6.07 Å². The minimum Gasteiger partial charge on any atom is -0.609 e. The number of nitrogens with one attached hydrogen (secondary N) is 1. The van der Waals surface area contributed by atoms with Gasteiger partial charge in [0.1, 0.15) is 11.3 Å². The van der Waals surface area contributed by atoms with Gasteiger partial charge in [-0.25, -0.2) is 9.78 Å². The number of esters is 1. The van der Waals surface area contributed by atoms with Gasteiger partial charge < -0.3 is 19.0 Å². The molecule has 1 N–H and O–H groups in total. The molecule has 2 heterocycles. The van der Waals surface area contributed by atoms with Crippen LogP contribution in [0.4, 0.5) is 5.69 Å². The number of aromatic nitrogens is 1. The maximum atomic E-state index is 12.6. The predicted octanol–water partition coefficient (Wildman–Crippen LogP) is 3.58. The molecule has 0 aliphatic rings. The molecule has 2 atom stereocenters. The van der Waals surface area contributed by atoms with Gasteiger partial charge in [0.15, 0.2) is 11.1 Å². The number of methoxy groups -OCH3 is 1. The number of fused-ring (bicyclic) bond motifs is 1. The number of carbonyl (C=O) groups excluding carboxylic acids is 1. The van der Waals surface area contributed by atoms with Gasteiger partial charge in [-0.2, -0.15) is 0 Å². The smallest absolute Gasteiger partial charge is 0.358 e. The highest BCUT2D eigenvalue weighted by atomic mass is 32.2. The van der Waals surface area contributed by atoms with Crippen LogP contribution < -0.4 is 10.7 Å². The van der Waals surface area contributed by atoms with Crippen molar-refractivity contribution in [3.8, 4) is 0 Å². The Morgan fingerprint density at radius 2 is 2.14 bits per heavy atom. The SMILES string of the molecule is CC[S+]([O-])c1cc(=O)c2cc(C)cc([C@@H](C)Nc3cccnc3C(=O)OC)c2o1. The Morgan fingerprint density at radius 3 is 2.83 bits per heavy atom. The number of benzene rings is 1. The molecule has 0 aliphatic carbocycles. The van der Waals surface area contributed by atoms with E-state index in [1.54, 1.807) is 25.1 Å².